The molecule has 0 heterocycles. The van der Waals surface area contributed by atoms with Crippen molar-refractivity contribution in [3.05, 3.63) is 35.6 Å². The lowest BCUT2D eigenvalue weighted by molar-refractivity contribution is -0.119. The summed E-state index contributed by atoms with van der Waals surface area (Å²) in [5.41, 5.74) is 11.0. The van der Waals surface area contributed by atoms with Gasteiger partial charge >= 0.3 is 0 Å². The molecule has 0 spiro atoms. The smallest absolute Gasteiger partial charge is 0.235 e. The Kier molecular flexibility index (Phi) is 4.39. The van der Waals surface area contributed by atoms with E-state index in [1.54, 1.807) is 25.1 Å². The maximum Gasteiger partial charge on any atom is 0.235 e. The monoisotopic (exact) mass is 225 g/mol. The molecule has 0 aliphatic carbocycles. The number of hydrogen-bond acceptors (Lipinski definition) is 3. The fourth-order valence-corrected chi connectivity index (χ4v) is 1.34. The summed E-state index contributed by atoms with van der Waals surface area (Å²) in [6.07, 6.45) is 0. The van der Waals surface area contributed by atoms with Gasteiger partial charge in [0.1, 0.15) is 5.82 Å². The second-order valence-corrected chi connectivity index (χ2v) is 3.66. The molecule has 0 aromatic heterocycles. The number of rotatable bonds is 5. The second-order valence-electron chi connectivity index (χ2n) is 3.66. The van der Waals surface area contributed by atoms with Crippen molar-refractivity contribution in [3.8, 4) is 0 Å². The van der Waals surface area contributed by atoms with Crippen LogP contribution in [0.15, 0.2) is 24.3 Å². The Labute approximate surface area is 93.8 Å². The standard InChI is InChI=1S/C11H16FN3O/c1-7(15-6-10(13)11(14)16)8-4-2-3-5-9(8)12/h2-5,7,10,15H,6,13H2,1H3,(H2,14,16). The van der Waals surface area contributed by atoms with Crippen molar-refractivity contribution in [1.29, 1.82) is 0 Å². The van der Waals surface area contributed by atoms with Gasteiger partial charge in [0, 0.05) is 18.2 Å². The van der Waals surface area contributed by atoms with Crippen LogP contribution in [0.4, 0.5) is 4.39 Å². The van der Waals surface area contributed by atoms with Gasteiger partial charge in [-0.3, -0.25) is 4.79 Å². The normalized spacial score (nSPS) is 14.4. The maximum atomic E-state index is 13.4. The van der Waals surface area contributed by atoms with Crippen molar-refractivity contribution in [1.82, 2.24) is 5.32 Å². The van der Waals surface area contributed by atoms with Gasteiger partial charge < -0.3 is 16.8 Å². The summed E-state index contributed by atoms with van der Waals surface area (Å²) in [6.45, 7) is 2.02. The zero-order valence-electron chi connectivity index (χ0n) is 9.11. The predicted octanol–water partition coefficient (Wildman–Crippen LogP) is 0.289. The first-order valence-corrected chi connectivity index (χ1v) is 5.05. The molecule has 2 atom stereocenters. The van der Waals surface area contributed by atoms with Crippen LogP contribution in [0.1, 0.15) is 18.5 Å². The average molecular weight is 225 g/mol. The number of nitrogens with one attached hydrogen (secondary N) is 1. The molecular formula is C11H16FN3O. The summed E-state index contributed by atoms with van der Waals surface area (Å²) in [5, 5.41) is 2.96. The number of benzene rings is 1. The molecule has 0 aliphatic rings. The van der Waals surface area contributed by atoms with E-state index < -0.39 is 11.9 Å². The molecule has 88 valence electrons. The lowest BCUT2D eigenvalue weighted by Gasteiger charge is -2.16. The predicted molar refractivity (Wildman–Crippen MR) is 60.0 cm³/mol. The zero-order valence-corrected chi connectivity index (χ0v) is 9.11. The van der Waals surface area contributed by atoms with Gasteiger partial charge in [-0.15, -0.1) is 0 Å². The summed E-state index contributed by atoms with van der Waals surface area (Å²) in [5.74, 6) is -0.858. The lowest BCUT2D eigenvalue weighted by Crippen LogP contribution is -2.44. The maximum absolute atomic E-state index is 13.4. The van der Waals surface area contributed by atoms with Crippen LogP contribution in [-0.4, -0.2) is 18.5 Å². The first-order chi connectivity index (χ1) is 7.52. The molecule has 2 unspecified atom stereocenters. The first kappa shape index (κ1) is 12.6. The van der Waals surface area contributed by atoms with Crippen LogP contribution < -0.4 is 16.8 Å². The van der Waals surface area contributed by atoms with Crippen molar-refractivity contribution in [2.75, 3.05) is 6.54 Å². The number of nitrogens with two attached hydrogens (primary N) is 2. The number of carbonyl (C=O) groups excluding carboxylic acids is 1. The third kappa shape index (κ3) is 3.29. The van der Waals surface area contributed by atoms with Crippen LogP contribution in [0.5, 0.6) is 0 Å². The van der Waals surface area contributed by atoms with E-state index in [-0.39, 0.29) is 18.4 Å². The van der Waals surface area contributed by atoms with Gasteiger partial charge in [-0.2, -0.15) is 0 Å². The van der Waals surface area contributed by atoms with E-state index in [0.29, 0.717) is 5.56 Å². The highest BCUT2D eigenvalue weighted by atomic mass is 19.1. The largest absolute Gasteiger partial charge is 0.368 e. The minimum atomic E-state index is -0.755. The second kappa shape index (κ2) is 5.58. The summed E-state index contributed by atoms with van der Waals surface area (Å²) in [4.78, 5) is 10.7. The third-order valence-electron chi connectivity index (χ3n) is 2.38. The molecule has 0 saturated heterocycles. The SMILES string of the molecule is CC(NCC(N)C(N)=O)c1ccccc1F. The molecule has 16 heavy (non-hydrogen) atoms. The summed E-state index contributed by atoms with van der Waals surface area (Å²) in [6, 6.07) is 5.48. The van der Waals surface area contributed by atoms with Gasteiger partial charge in [0.05, 0.1) is 6.04 Å². The first-order valence-electron chi connectivity index (χ1n) is 5.05. The fraction of sp³-hybridized carbons (Fsp3) is 0.364. The Morgan fingerprint density at radius 2 is 2.12 bits per heavy atom. The van der Waals surface area contributed by atoms with Gasteiger partial charge in [-0.05, 0) is 13.0 Å². The van der Waals surface area contributed by atoms with Gasteiger partial charge in [0.15, 0.2) is 0 Å². The summed E-state index contributed by atoms with van der Waals surface area (Å²) < 4.78 is 13.4. The quantitative estimate of drug-likeness (QED) is 0.673. The van der Waals surface area contributed by atoms with Crippen molar-refractivity contribution in [2.45, 2.75) is 19.0 Å². The Morgan fingerprint density at radius 3 is 2.69 bits per heavy atom. The van der Waals surface area contributed by atoms with E-state index in [0.717, 1.165) is 0 Å². The number of carbonyl (C=O) groups is 1. The molecule has 0 bridgehead atoms. The molecule has 0 aliphatic heterocycles. The number of halogens is 1. The topological polar surface area (TPSA) is 81.1 Å². The van der Waals surface area contributed by atoms with Crippen LogP contribution in [-0.2, 0) is 4.79 Å². The molecule has 5 heteroatoms. The van der Waals surface area contributed by atoms with Crippen molar-refractivity contribution in [3.63, 3.8) is 0 Å². The fourth-order valence-electron chi connectivity index (χ4n) is 1.34. The Bertz CT molecular complexity index is 370. The van der Waals surface area contributed by atoms with Crippen LogP contribution in [0.25, 0.3) is 0 Å². The van der Waals surface area contributed by atoms with E-state index >= 15 is 0 Å². The highest BCUT2D eigenvalue weighted by Gasteiger charge is 2.13. The van der Waals surface area contributed by atoms with Crippen molar-refractivity contribution in [2.24, 2.45) is 11.5 Å². The van der Waals surface area contributed by atoms with Gasteiger partial charge in [-0.25, -0.2) is 4.39 Å². The Morgan fingerprint density at radius 1 is 1.50 bits per heavy atom. The number of amides is 1. The van der Waals surface area contributed by atoms with Crippen LogP contribution in [0.2, 0.25) is 0 Å². The molecule has 5 N–H and O–H groups in total. The average Bonchev–Trinajstić information content (AvgIpc) is 2.25. The van der Waals surface area contributed by atoms with Gasteiger partial charge in [-0.1, -0.05) is 18.2 Å². The molecule has 1 aromatic carbocycles. The molecule has 0 fully saturated rings. The molecule has 4 nitrogen and oxygen atoms in total. The Hall–Kier alpha value is -1.46. The minimum Gasteiger partial charge on any atom is -0.368 e. The van der Waals surface area contributed by atoms with E-state index in [4.69, 9.17) is 11.5 Å². The van der Waals surface area contributed by atoms with E-state index in [2.05, 4.69) is 5.32 Å². The zero-order chi connectivity index (χ0) is 12.1. The highest BCUT2D eigenvalue weighted by Crippen LogP contribution is 2.15. The van der Waals surface area contributed by atoms with Crippen molar-refractivity contribution < 1.29 is 9.18 Å². The number of hydrogen-bond donors (Lipinski definition) is 3. The van der Waals surface area contributed by atoms with E-state index in [1.807, 2.05) is 0 Å². The van der Waals surface area contributed by atoms with Crippen LogP contribution in [0, 0.1) is 5.82 Å². The molecule has 1 aromatic rings. The van der Waals surface area contributed by atoms with E-state index in [1.165, 1.54) is 6.07 Å². The van der Waals surface area contributed by atoms with Crippen LogP contribution in [0.3, 0.4) is 0 Å². The molecular weight excluding hydrogens is 209 g/mol. The molecule has 1 rings (SSSR count). The van der Waals surface area contributed by atoms with E-state index in [9.17, 15) is 9.18 Å². The molecule has 1 amide bonds. The number of primary amides is 1. The molecule has 0 saturated carbocycles. The van der Waals surface area contributed by atoms with Crippen LogP contribution >= 0.6 is 0 Å². The molecule has 0 radical (unpaired) electrons. The van der Waals surface area contributed by atoms with Crippen molar-refractivity contribution >= 4 is 5.91 Å². The third-order valence-corrected chi connectivity index (χ3v) is 2.38. The Balaban J connectivity index is 2.56. The van der Waals surface area contributed by atoms with Gasteiger partial charge in [0.25, 0.3) is 0 Å². The minimum absolute atomic E-state index is 0.216. The highest BCUT2D eigenvalue weighted by molar-refractivity contribution is 5.79. The summed E-state index contributed by atoms with van der Waals surface area (Å²) >= 11 is 0. The van der Waals surface area contributed by atoms with Gasteiger partial charge in [0.2, 0.25) is 5.91 Å². The summed E-state index contributed by atoms with van der Waals surface area (Å²) in [7, 11) is 0. The lowest BCUT2D eigenvalue weighted by atomic mass is 10.1.